The number of carbonyl (C=O) groups is 1. The van der Waals surface area contributed by atoms with E-state index < -0.39 is 5.41 Å². The second kappa shape index (κ2) is 6.66. The lowest BCUT2D eigenvalue weighted by molar-refractivity contribution is -0.121. The van der Waals surface area contributed by atoms with Crippen molar-refractivity contribution >= 4 is 45.6 Å². The van der Waals surface area contributed by atoms with Crippen molar-refractivity contribution in [3.8, 4) is 6.07 Å². The smallest absolute Gasteiger partial charge is 0.246 e. The van der Waals surface area contributed by atoms with E-state index in [1.807, 2.05) is 6.07 Å². The largest absolute Gasteiger partial charge is 0.301 e. The molecule has 0 atom stereocenters. The van der Waals surface area contributed by atoms with Gasteiger partial charge in [0.1, 0.15) is 5.41 Å². The lowest BCUT2D eigenvalue weighted by Crippen LogP contribution is -2.29. The average Bonchev–Trinajstić information content (AvgIpc) is 2.90. The molecule has 0 aliphatic rings. The van der Waals surface area contributed by atoms with Crippen LogP contribution in [-0.4, -0.2) is 10.9 Å². The van der Waals surface area contributed by atoms with Crippen molar-refractivity contribution in [3.63, 3.8) is 0 Å². The average molecular weight is 354 g/mol. The fourth-order valence-corrected chi connectivity index (χ4v) is 2.83. The molecule has 4 nitrogen and oxygen atoms in total. The minimum Gasteiger partial charge on any atom is -0.301 e. The number of nitriles is 1. The Morgan fingerprint density at radius 2 is 2.18 bits per heavy atom. The summed E-state index contributed by atoms with van der Waals surface area (Å²) in [5.74, 6) is -0.378. The van der Waals surface area contributed by atoms with Gasteiger partial charge in [-0.2, -0.15) is 5.26 Å². The van der Waals surface area contributed by atoms with Gasteiger partial charge < -0.3 is 5.32 Å². The highest BCUT2D eigenvalue weighted by Gasteiger charge is 2.27. The van der Waals surface area contributed by atoms with Gasteiger partial charge >= 0.3 is 0 Å². The van der Waals surface area contributed by atoms with Gasteiger partial charge in [-0.15, -0.1) is 11.3 Å². The third-order valence-electron chi connectivity index (χ3n) is 2.99. The van der Waals surface area contributed by atoms with Gasteiger partial charge in [0.15, 0.2) is 5.13 Å². The Labute approximate surface area is 142 Å². The monoisotopic (exact) mass is 353 g/mol. The predicted molar refractivity (Wildman–Crippen MR) is 89.4 cm³/mol. The molecule has 0 aliphatic carbocycles. The van der Waals surface area contributed by atoms with Crippen LogP contribution in [0.15, 0.2) is 24.4 Å². The summed E-state index contributed by atoms with van der Waals surface area (Å²) in [6.07, 6.45) is 2.26. The molecule has 2 rings (SSSR count). The standard InChI is InChI=1S/C15H13Cl2N3OS/c1-15(2,8-18)13(21)20-14-19-7-11(22-14)6-9-5-10(16)3-4-12(9)17/h3-5,7H,6H2,1-2H3,(H,19,20,21). The third-order valence-corrected chi connectivity index (χ3v) is 4.51. The van der Waals surface area contributed by atoms with E-state index in [1.54, 1.807) is 38.2 Å². The number of amides is 1. The molecule has 0 unspecified atom stereocenters. The summed E-state index contributed by atoms with van der Waals surface area (Å²) in [7, 11) is 0. The Morgan fingerprint density at radius 3 is 2.86 bits per heavy atom. The molecule has 1 aromatic heterocycles. The molecule has 1 aromatic carbocycles. The maximum absolute atomic E-state index is 11.9. The lowest BCUT2D eigenvalue weighted by atomic mass is 9.95. The van der Waals surface area contributed by atoms with Gasteiger partial charge in [-0.1, -0.05) is 23.2 Å². The maximum atomic E-state index is 11.9. The molecule has 0 saturated heterocycles. The van der Waals surface area contributed by atoms with Crippen LogP contribution in [0, 0.1) is 16.7 Å². The van der Waals surface area contributed by atoms with Crippen molar-refractivity contribution in [3.05, 3.63) is 44.9 Å². The van der Waals surface area contributed by atoms with Crippen LogP contribution in [0.25, 0.3) is 0 Å². The summed E-state index contributed by atoms with van der Waals surface area (Å²) >= 11 is 13.4. The molecular weight excluding hydrogens is 341 g/mol. The first kappa shape index (κ1) is 16.8. The summed E-state index contributed by atoms with van der Waals surface area (Å²) in [6.45, 7) is 3.12. The van der Waals surface area contributed by atoms with Gasteiger partial charge in [-0.25, -0.2) is 4.98 Å². The van der Waals surface area contributed by atoms with Crippen molar-refractivity contribution in [1.29, 1.82) is 5.26 Å². The van der Waals surface area contributed by atoms with E-state index in [4.69, 9.17) is 28.5 Å². The zero-order valence-electron chi connectivity index (χ0n) is 12.0. The van der Waals surface area contributed by atoms with E-state index in [2.05, 4.69) is 10.3 Å². The fraction of sp³-hybridized carbons (Fsp3) is 0.267. The molecule has 114 valence electrons. The lowest BCUT2D eigenvalue weighted by Gasteiger charge is -2.12. The predicted octanol–water partition coefficient (Wildman–Crippen LogP) is 4.53. The summed E-state index contributed by atoms with van der Waals surface area (Å²) in [6, 6.07) is 7.24. The number of halogens is 2. The minimum atomic E-state index is -1.10. The van der Waals surface area contributed by atoms with Crippen molar-refractivity contribution in [1.82, 2.24) is 4.98 Å². The molecular formula is C15H13Cl2N3OS. The van der Waals surface area contributed by atoms with Crippen molar-refractivity contribution in [2.75, 3.05) is 5.32 Å². The van der Waals surface area contributed by atoms with Crippen LogP contribution in [0.3, 0.4) is 0 Å². The van der Waals surface area contributed by atoms with Gasteiger partial charge in [0.2, 0.25) is 5.91 Å². The zero-order chi connectivity index (χ0) is 16.3. The molecule has 2 aromatic rings. The summed E-state index contributed by atoms with van der Waals surface area (Å²) in [5.41, 5.74) is -0.199. The van der Waals surface area contributed by atoms with Crippen LogP contribution < -0.4 is 5.32 Å². The van der Waals surface area contributed by atoms with E-state index in [1.165, 1.54) is 11.3 Å². The number of nitrogens with zero attached hydrogens (tertiary/aromatic N) is 2. The first-order chi connectivity index (χ1) is 10.3. The van der Waals surface area contributed by atoms with E-state index >= 15 is 0 Å². The van der Waals surface area contributed by atoms with E-state index in [-0.39, 0.29) is 5.91 Å². The van der Waals surface area contributed by atoms with Gasteiger partial charge in [0.05, 0.1) is 6.07 Å². The molecule has 0 spiro atoms. The number of nitrogens with one attached hydrogen (secondary N) is 1. The SMILES string of the molecule is CC(C)(C#N)C(=O)Nc1ncc(Cc2cc(Cl)ccc2Cl)s1. The molecule has 0 fully saturated rings. The van der Waals surface area contributed by atoms with Gasteiger partial charge in [0.25, 0.3) is 0 Å². The summed E-state index contributed by atoms with van der Waals surface area (Å²) < 4.78 is 0. The summed E-state index contributed by atoms with van der Waals surface area (Å²) in [5, 5.41) is 13.3. The van der Waals surface area contributed by atoms with Crippen molar-refractivity contribution < 1.29 is 4.79 Å². The Hall–Kier alpha value is -1.61. The van der Waals surface area contributed by atoms with Crippen LogP contribution in [0.4, 0.5) is 5.13 Å². The van der Waals surface area contributed by atoms with Gasteiger partial charge in [0, 0.05) is 27.5 Å². The van der Waals surface area contributed by atoms with Gasteiger partial charge in [-0.05, 0) is 37.6 Å². The highest BCUT2D eigenvalue weighted by Crippen LogP contribution is 2.27. The van der Waals surface area contributed by atoms with Gasteiger partial charge in [-0.3, -0.25) is 4.79 Å². The molecule has 0 bridgehead atoms. The Balaban J connectivity index is 2.11. The number of thiazole rings is 1. The normalized spacial score (nSPS) is 11.0. The number of benzene rings is 1. The van der Waals surface area contributed by atoms with E-state index in [0.717, 1.165) is 10.4 Å². The highest BCUT2D eigenvalue weighted by molar-refractivity contribution is 7.15. The van der Waals surface area contributed by atoms with E-state index in [9.17, 15) is 4.79 Å². The van der Waals surface area contributed by atoms with Crippen LogP contribution in [0.2, 0.25) is 10.0 Å². The number of anilines is 1. The molecule has 1 N–H and O–H groups in total. The fourth-order valence-electron chi connectivity index (χ4n) is 1.62. The maximum Gasteiger partial charge on any atom is 0.246 e. The second-order valence-electron chi connectivity index (χ2n) is 5.24. The topological polar surface area (TPSA) is 65.8 Å². The molecule has 0 saturated carbocycles. The molecule has 7 heteroatoms. The first-order valence-corrected chi connectivity index (χ1v) is 8.00. The Bertz CT molecular complexity index is 749. The molecule has 0 radical (unpaired) electrons. The molecule has 1 heterocycles. The second-order valence-corrected chi connectivity index (χ2v) is 7.19. The number of aromatic nitrogens is 1. The quantitative estimate of drug-likeness (QED) is 0.877. The van der Waals surface area contributed by atoms with Crippen LogP contribution in [-0.2, 0) is 11.2 Å². The van der Waals surface area contributed by atoms with Crippen molar-refractivity contribution in [2.24, 2.45) is 5.41 Å². The minimum absolute atomic E-state index is 0.378. The number of hydrogen-bond acceptors (Lipinski definition) is 4. The third kappa shape index (κ3) is 3.98. The number of rotatable bonds is 4. The van der Waals surface area contributed by atoms with E-state index in [0.29, 0.717) is 21.6 Å². The number of carbonyl (C=O) groups excluding carboxylic acids is 1. The van der Waals surface area contributed by atoms with Crippen LogP contribution in [0.5, 0.6) is 0 Å². The van der Waals surface area contributed by atoms with Crippen LogP contribution >= 0.6 is 34.5 Å². The first-order valence-electron chi connectivity index (χ1n) is 6.43. The number of hydrogen-bond donors (Lipinski definition) is 1. The summed E-state index contributed by atoms with van der Waals surface area (Å²) in [4.78, 5) is 17.0. The molecule has 0 aliphatic heterocycles. The molecule has 22 heavy (non-hydrogen) atoms. The highest BCUT2D eigenvalue weighted by atomic mass is 35.5. The zero-order valence-corrected chi connectivity index (χ0v) is 14.3. The van der Waals surface area contributed by atoms with Crippen molar-refractivity contribution in [2.45, 2.75) is 20.3 Å². The molecule has 1 amide bonds. The Morgan fingerprint density at radius 1 is 1.45 bits per heavy atom. The van der Waals surface area contributed by atoms with Crippen LogP contribution in [0.1, 0.15) is 24.3 Å². The Kier molecular flexibility index (Phi) is 5.07.